The molecule has 0 bridgehead atoms. The van der Waals surface area contributed by atoms with E-state index in [0.29, 0.717) is 25.3 Å². The van der Waals surface area contributed by atoms with Gasteiger partial charge in [0.25, 0.3) is 5.56 Å². The van der Waals surface area contributed by atoms with Gasteiger partial charge >= 0.3 is 5.97 Å². The number of nitrogens with one attached hydrogen (secondary N) is 1. The molecule has 0 unspecified atom stereocenters. The van der Waals surface area contributed by atoms with E-state index in [1.807, 2.05) is 19.1 Å². The van der Waals surface area contributed by atoms with E-state index in [1.54, 1.807) is 24.3 Å². The molecule has 2 aromatic heterocycles. The van der Waals surface area contributed by atoms with Gasteiger partial charge in [0, 0.05) is 23.9 Å². The van der Waals surface area contributed by atoms with Gasteiger partial charge in [-0.3, -0.25) is 14.4 Å². The maximum atomic E-state index is 12.0. The lowest BCUT2D eigenvalue weighted by molar-refractivity contribution is -0.143. The fourth-order valence-electron chi connectivity index (χ4n) is 2.15. The van der Waals surface area contributed by atoms with Crippen LogP contribution in [0.15, 0.2) is 29.1 Å². The minimum atomic E-state index is -0.335. The molecule has 0 aliphatic rings. The molecule has 0 atom stereocenters. The summed E-state index contributed by atoms with van der Waals surface area (Å²) in [5.74, 6) is -0.605. The molecule has 134 valence electrons. The van der Waals surface area contributed by atoms with Crippen LogP contribution in [0, 0.1) is 6.92 Å². The van der Waals surface area contributed by atoms with Crippen molar-refractivity contribution in [3.8, 4) is 10.6 Å². The smallest absolute Gasteiger partial charge is 0.305 e. The molecule has 0 aromatic carbocycles. The van der Waals surface area contributed by atoms with E-state index >= 15 is 0 Å². The van der Waals surface area contributed by atoms with Gasteiger partial charge in [0.15, 0.2) is 0 Å². The summed E-state index contributed by atoms with van der Waals surface area (Å²) in [7, 11) is 0. The molecule has 7 nitrogen and oxygen atoms in total. The van der Waals surface area contributed by atoms with E-state index in [2.05, 4.69) is 10.4 Å². The van der Waals surface area contributed by atoms with Crippen LogP contribution < -0.4 is 10.9 Å². The fraction of sp³-hybridized carbons (Fsp3) is 0.412. The standard InChI is InChI=1S/C17H21N3O4S/c1-3-24-17(23)5-4-10-18-15(21)11-20-16(22)9-7-13(19-20)14-8-6-12(2)25-14/h6-9H,3-5,10-11H2,1-2H3,(H,18,21). The molecular formula is C17H21N3O4S. The Morgan fingerprint density at radius 2 is 2.08 bits per heavy atom. The summed E-state index contributed by atoms with van der Waals surface area (Å²) in [5.41, 5.74) is 0.325. The Kier molecular flexibility index (Phi) is 6.88. The van der Waals surface area contributed by atoms with Crippen LogP contribution in [0.25, 0.3) is 10.6 Å². The zero-order valence-electron chi connectivity index (χ0n) is 14.3. The first-order valence-electron chi connectivity index (χ1n) is 8.07. The predicted molar refractivity (Wildman–Crippen MR) is 95.4 cm³/mol. The van der Waals surface area contributed by atoms with Crippen LogP contribution in [0.1, 0.15) is 24.6 Å². The van der Waals surface area contributed by atoms with Crippen molar-refractivity contribution in [3.63, 3.8) is 0 Å². The van der Waals surface area contributed by atoms with E-state index in [-0.39, 0.29) is 30.4 Å². The van der Waals surface area contributed by atoms with Crippen molar-refractivity contribution in [3.05, 3.63) is 39.5 Å². The molecule has 0 spiro atoms. The first-order chi connectivity index (χ1) is 12.0. The van der Waals surface area contributed by atoms with Crippen molar-refractivity contribution >= 4 is 23.2 Å². The van der Waals surface area contributed by atoms with Crippen LogP contribution in [0.5, 0.6) is 0 Å². The van der Waals surface area contributed by atoms with Crippen LogP contribution >= 0.6 is 11.3 Å². The second-order valence-electron chi connectivity index (χ2n) is 5.38. The lowest BCUT2D eigenvalue weighted by Crippen LogP contribution is -2.34. The van der Waals surface area contributed by atoms with Gasteiger partial charge in [-0.05, 0) is 38.5 Å². The van der Waals surface area contributed by atoms with Gasteiger partial charge in [-0.25, -0.2) is 4.68 Å². The Labute approximate surface area is 149 Å². The number of aryl methyl sites for hydroxylation is 1. The highest BCUT2D eigenvalue weighted by Gasteiger charge is 2.09. The number of hydrogen-bond donors (Lipinski definition) is 1. The topological polar surface area (TPSA) is 90.3 Å². The summed E-state index contributed by atoms with van der Waals surface area (Å²) in [6.07, 6.45) is 0.737. The van der Waals surface area contributed by atoms with E-state index < -0.39 is 0 Å². The second kappa shape index (κ2) is 9.12. The van der Waals surface area contributed by atoms with Crippen molar-refractivity contribution in [2.45, 2.75) is 33.2 Å². The molecule has 0 fully saturated rings. The second-order valence-corrected chi connectivity index (χ2v) is 6.67. The maximum Gasteiger partial charge on any atom is 0.305 e. The summed E-state index contributed by atoms with van der Waals surface area (Å²) in [4.78, 5) is 37.2. The first kappa shape index (κ1) is 18.9. The number of ether oxygens (including phenoxy) is 1. The minimum Gasteiger partial charge on any atom is -0.466 e. The van der Waals surface area contributed by atoms with Gasteiger partial charge in [0.2, 0.25) is 5.91 Å². The third-order valence-electron chi connectivity index (χ3n) is 3.34. The number of carbonyl (C=O) groups is 2. The van der Waals surface area contributed by atoms with Gasteiger partial charge in [0.1, 0.15) is 12.2 Å². The molecule has 1 amide bonds. The molecule has 0 aliphatic carbocycles. The molecule has 25 heavy (non-hydrogen) atoms. The molecule has 8 heteroatoms. The van der Waals surface area contributed by atoms with Crippen molar-refractivity contribution < 1.29 is 14.3 Å². The van der Waals surface area contributed by atoms with Crippen LogP contribution in [-0.4, -0.2) is 34.8 Å². The Morgan fingerprint density at radius 1 is 1.28 bits per heavy atom. The molecule has 2 heterocycles. The average Bonchev–Trinajstić information content (AvgIpc) is 3.00. The van der Waals surface area contributed by atoms with E-state index in [1.165, 1.54) is 6.07 Å². The van der Waals surface area contributed by atoms with Crippen LogP contribution in [0.3, 0.4) is 0 Å². The molecule has 0 saturated carbocycles. The summed E-state index contributed by atoms with van der Waals surface area (Å²) >= 11 is 1.58. The maximum absolute atomic E-state index is 12.0. The zero-order chi connectivity index (χ0) is 18.2. The van der Waals surface area contributed by atoms with Gasteiger partial charge in [-0.1, -0.05) is 0 Å². The Bertz CT molecular complexity index is 797. The molecule has 0 radical (unpaired) electrons. The van der Waals surface area contributed by atoms with Crippen molar-refractivity contribution in [1.29, 1.82) is 0 Å². The number of thiophene rings is 1. The molecule has 0 aliphatic heterocycles. The summed E-state index contributed by atoms with van der Waals surface area (Å²) in [6.45, 7) is 4.27. The number of carbonyl (C=O) groups excluding carboxylic acids is 2. The van der Waals surface area contributed by atoms with Crippen LogP contribution in [0.2, 0.25) is 0 Å². The van der Waals surface area contributed by atoms with Gasteiger partial charge in [0.05, 0.1) is 11.5 Å². The summed E-state index contributed by atoms with van der Waals surface area (Å²) in [5, 5.41) is 6.93. The van der Waals surface area contributed by atoms with Crippen molar-refractivity contribution in [2.24, 2.45) is 0 Å². The quantitative estimate of drug-likeness (QED) is 0.570. The lowest BCUT2D eigenvalue weighted by Gasteiger charge is -2.07. The van der Waals surface area contributed by atoms with Crippen molar-refractivity contribution in [2.75, 3.05) is 13.2 Å². The Hall–Kier alpha value is -2.48. The largest absolute Gasteiger partial charge is 0.466 e. The molecular weight excluding hydrogens is 342 g/mol. The molecule has 2 rings (SSSR count). The molecule has 0 saturated heterocycles. The van der Waals surface area contributed by atoms with Crippen LogP contribution in [-0.2, 0) is 20.9 Å². The third kappa shape index (κ3) is 5.82. The van der Waals surface area contributed by atoms with Gasteiger partial charge in [-0.2, -0.15) is 5.10 Å². The number of amides is 1. The first-order valence-corrected chi connectivity index (χ1v) is 8.88. The summed E-state index contributed by atoms with van der Waals surface area (Å²) < 4.78 is 5.96. The Balaban J connectivity index is 1.90. The van der Waals surface area contributed by atoms with Gasteiger partial charge in [-0.15, -0.1) is 11.3 Å². The number of esters is 1. The lowest BCUT2D eigenvalue weighted by atomic mass is 10.3. The van der Waals surface area contributed by atoms with E-state index in [4.69, 9.17) is 4.74 Å². The number of hydrogen-bond acceptors (Lipinski definition) is 6. The van der Waals surface area contributed by atoms with Crippen molar-refractivity contribution in [1.82, 2.24) is 15.1 Å². The van der Waals surface area contributed by atoms with Gasteiger partial charge < -0.3 is 10.1 Å². The SMILES string of the molecule is CCOC(=O)CCCNC(=O)Cn1nc(-c2ccc(C)s2)ccc1=O. The highest BCUT2D eigenvalue weighted by Crippen LogP contribution is 2.24. The van der Waals surface area contributed by atoms with E-state index in [0.717, 1.165) is 14.4 Å². The predicted octanol–water partition coefficient (Wildman–Crippen LogP) is 1.74. The normalized spacial score (nSPS) is 10.5. The average molecular weight is 363 g/mol. The monoisotopic (exact) mass is 363 g/mol. The van der Waals surface area contributed by atoms with E-state index in [9.17, 15) is 14.4 Å². The summed E-state index contributed by atoms with van der Waals surface area (Å²) in [6, 6.07) is 6.98. The highest BCUT2D eigenvalue weighted by molar-refractivity contribution is 7.15. The Morgan fingerprint density at radius 3 is 2.76 bits per heavy atom. The molecule has 1 N–H and O–H groups in total. The molecule has 2 aromatic rings. The number of nitrogens with zero attached hydrogens (tertiary/aromatic N) is 2. The minimum absolute atomic E-state index is 0.156. The fourth-order valence-corrected chi connectivity index (χ4v) is 2.98. The van der Waals surface area contributed by atoms with Crippen LogP contribution in [0.4, 0.5) is 0 Å². The highest BCUT2D eigenvalue weighted by atomic mass is 32.1. The zero-order valence-corrected chi connectivity index (χ0v) is 15.1. The number of aromatic nitrogens is 2. The number of rotatable bonds is 8. The third-order valence-corrected chi connectivity index (χ3v) is 4.36.